The molecule has 0 aliphatic heterocycles. The van der Waals surface area contributed by atoms with Crippen molar-refractivity contribution in [3.63, 3.8) is 0 Å². The maximum atomic E-state index is 11.7. The largest absolute Gasteiger partial charge is 0.325 e. The number of hydrogen-bond donors (Lipinski definition) is 2. The number of nitrogens with zero attached hydrogens (tertiary/aromatic N) is 1. The highest BCUT2D eigenvalue weighted by Gasteiger charge is 2.15. The molecule has 94 valence electrons. The second kappa shape index (κ2) is 6.18. The van der Waals surface area contributed by atoms with Crippen LogP contribution in [0, 0.1) is 11.3 Å². The molecular formula is C14H17N3O. The highest BCUT2D eigenvalue weighted by molar-refractivity contribution is 5.92. The van der Waals surface area contributed by atoms with Crippen molar-refractivity contribution in [3.05, 3.63) is 29.8 Å². The number of nitrogens with one attached hydrogen (secondary N) is 2. The molecule has 18 heavy (non-hydrogen) atoms. The summed E-state index contributed by atoms with van der Waals surface area (Å²) in [4.78, 5) is 11.7. The summed E-state index contributed by atoms with van der Waals surface area (Å²) < 4.78 is 0. The summed E-state index contributed by atoms with van der Waals surface area (Å²) in [6.45, 7) is 0.352. The quantitative estimate of drug-likeness (QED) is 0.850. The Bertz CT molecular complexity index is 441. The zero-order chi connectivity index (χ0) is 12.8. The van der Waals surface area contributed by atoms with Crippen molar-refractivity contribution in [3.8, 4) is 6.07 Å². The van der Waals surface area contributed by atoms with E-state index in [-0.39, 0.29) is 5.91 Å². The predicted molar refractivity (Wildman–Crippen MR) is 70.0 cm³/mol. The van der Waals surface area contributed by atoms with E-state index >= 15 is 0 Å². The van der Waals surface area contributed by atoms with E-state index in [1.54, 1.807) is 24.3 Å². The van der Waals surface area contributed by atoms with E-state index in [9.17, 15) is 4.79 Å². The molecule has 1 aliphatic rings. The molecule has 2 N–H and O–H groups in total. The van der Waals surface area contributed by atoms with Crippen molar-refractivity contribution in [2.75, 3.05) is 11.9 Å². The Morgan fingerprint density at radius 2 is 1.94 bits per heavy atom. The Balaban J connectivity index is 1.77. The van der Waals surface area contributed by atoms with E-state index in [2.05, 4.69) is 10.6 Å². The third-order valence-corrected chi connectivity index (χ3v) is 3.20. The van der Waals surface area contributed by atoms with Crippen LogP contribution in [0.5, 0.6) is 0 Å². The van der Waals surface area contributed by atoms with Crippen molar-refractivity contribution in [2.45, 2.75) is 31.7 Å². The van der Waals surface area contributed by atoms with Gasteiger partial charge < -0.3 is 10.6 Å². The molecule has 4 nitrogen and oxygen atoms in total. The molecule has 0 aromatic heterocycles. The Labute approximate surface area is 107 Å². The summed E-state index contributed by atoms with van der Waals surface area (Å²) >= 11 is 0. The number of benzene rings is 1. The van der Waals surface area contributed by atoms with Gasteiger partial charge in [-0.25, -0.2) is 0 Å². The van der Waals surface area contributed by atoms with E-state index in [0.29, 0.717) is 18.2 Å². The first-order valence-corrected chi connectivity index (χ1v) is 6.31. The van der Waals surface area contributed by atoms with Crippen LogP contribution >= 0.6 is 0 Å². The van der Waals surface area contributed by atoms with Crippen LogP contribution in [0.4, 0.5) is 5.69 Å². The van der Waals surface area contributed by atoms with Crippen molar-refractivity contribution in [2.24, 2.45) is 0 Å². The SMILES string of the molecule is N#Cc1ccc(NC(=O)CNC2CCCC2)cc1. The molecule has 2 rings (SSSR count). The van der Waals surface area contributed by atoms with Crippen LogP contribution in [-0.2, 0) is 4.79 Å². The maximum absolute atomic E-state index is 11.7. The molecule has 1 amide bonds. The van der Waals surface area contributed by atoms with Crippen LogP contribution in [0.1, 0.15) is 31.2 Å². The van der Waals surface area contributed by atoms with Crippen LogP contribution in [-0.4, -0.2) is 18.5 Å². The van der Waals surface area contributed by atoms with Gasteiger partial charge in [-0.05, 0) is 37.1 Å². The standard InChI is InChI=1S/C14H17N3O/c15-9-11-5-7-13(8-6-11)17-14(18)10-16-12-3-1-2-4-12/h5-8,12,16H,1-4,10H2,(H,17,18). The average Bonchev–Trinajstić information content (AvgIpc) is 2.90. The summed E-state index contributed by atoms with van der Waals surface area (Å²) in [5.41, 5.74) is 1.32. The number of carbonyl (C=O) groups excluding carboxylic acids is 1. The summed E-state index contributed by atoms with van der Waals surface area (Å²) in [6, 6.07) is 9.41. The van der Waals surface area contributed by atoms with E-state index in [4.69, 9.17) is 5.26 Å². The van der Waals surface area contributed by atoms with Gasteiger partial charge in [-0.1, -0.05) is 12.8 Å². The van der Waals surface area contributed by atoms with Crippen molar-refractivity contribution >= 4 is 11.6 Å². The van der Waals surface area contributed by atoms with Crippen LogP contribution < -0.4 is 10.6 Å². The lowest BCUT2D eigenvalue weighted by atomic mass is 10.2. The normalized spacial score (nSPS) is 15.3. The second-order valence-electron chi connectivity index (χ2n) is 4.60. The molecule has 1 aromatic carbocycles. The molecule has 0 bridgehead atoms. The molecule has 0 atom stereocenters. The van der Waals surface area contributed by atoms with Crippen LogP contribution in [0.25, 0.3) is 0 Å². The smallest absolute Gasteiger partial charge is 0.238 e. The van der Waals surface area contributed by atoms with Gasteiger partial charge in [-0.15, -0.1) is 0 Å². The summed E-state index contributed by atoms with van der Waals surface area (Å²) in [6.07, 6.45) is 4.86. The lowest BCUT2D eigenvalue weighted by molar-refractivity contribution is -0.115. The van der Waals surface area contributed by atoms with Gasteiger partial charge in [0.15, 0.2) is 0 Å². The second-order valence-corrected chi connectivity index (χ2v) is 4.60. The van der Waals surface area contributed by atoms with Gasteiger partial charge in [0.2, 0.25) is 5.91 Å². The molecule has 0 heterocycles. The van der Waals surface area contributed by atoms with Gasteiger partial charge in [0.25, 0.3) is 0 Å². The highest BCUT2D eigenvalue weighted by Crippen LogP contribution is 2.17. The fraction of sp³-hybridized carbons (Fsp3) is 0.429. The fourth-order valence-corrected chi connectivity index (χ4v) is 2.20. The Kier molecular flexibility index (Phi) is 4.32. The number of rotatable bonds is 4. The van der Waals surface area contributed by atoms with Gasteiger partial charge in [0.1, 0.15) is 0 Å². The Morgan fingerprint density at radius 1 is 1.28 bits per heavy atom. The maximum Gasteiger partial charge on any atom is 0.238 e. The van der Waals surface area contributed by atoms with E-state index < -0.39 is 0 Å². The average molecular weight is 243 g/mol. The third kappa shape index (κ3) is 3.57. The van der Waals surface area contributed by atoms with Gasteiger partial charge in [0.05, 0.1) is 18.2 Å². The Morgan fingerprint density at radius 3 is 2.56 bits per heavy atom. The predicted octanol–water partition coefficient (Wildman–Crippen LogP) is 2.03. The number of nitriles is 1. The van der Waals surface area contributed by atoms with Crippen LogP contribution in [0.3, 0.4) is 0 Å². The van der Waals surface area contributed by atoms with E-state index in [0.717, 1.165) is 5.69 Å². The first kappa shape index (κ1) is 12.6. The molecule has 1 saturated carbocycles. The van der Waals surface area contributed by atoms with Gasteiger partial charge >= 0.3 is 0 Å². The molecule has 0 radical (unpaired) electrons. The van der Waals surface area contributed by atoms with Gasteiger partial charge in [-0.3, -0.25) is 4.79 Å². The minimum Gasteiger partial charge on any atom is -0.325 e. The lowest BCUT2D eigenvalue weighted by Gasteiger charge is -2.11. The van der Waals surface area contributed by atoms with Crippen LogP contribution in [0.15, 0.2) is 24.3 Å². The third-order valence-electron chi connectivity index (χ3n) is 3.20. The van der Waals surface area contributed by atoms with Crippen LogP contribution in [0.2, 0.25) is 0 Å². The number of amides is 1. The zero-order valence-electron chi connectivity index (χ0n) is 10.3. The van der Waals surface area contributed by atoms with E-state index in [1.807, 2.05) is 6.07 Å². The number of anilines is 1. The molecule has 0 spiro atoms. The molecular weight excluding hydrogens is 226 g/mol. The first-order chi connectivity index (χ1) is 8.78. The molecule has 1 aliphatic carbocycles. The summed E-state index contributed by atoms with van der Waals surface area (Å²) in [5, 5.41) is 14.7. The highest BCUT2D eigenvalue weighted by atomic mass is 16.1. The molecule has 0 saturated heterocycles. The monoisotopic (exact) mass is 243 g/mol. The van der Waals surface area contributed by atoms with Gasteiger partial charge in [0, 0.05) is 11.7 Å². The molecule has 4 heteroatoms. The first-order valence-electron chi connectivity index (χ1n) is 6.31. The number of carbonyl (C=O) groups is 1. The molecule has 0 unspecified atom stereocenters. The van der Waals surface area contributed by atoms with Crippen molar-refractivity contribution in [1.29, 1.82) is 5.26 Å². The Hall–Kier alpha value is -1.86. The minimum absolute atomic E-state index is 0.0355. The summed E-state index contributed by atoms with van der Waals surface area (Å²) in [5.74, 6) is -0.0355. The molecule has 1 fully saturated rings. The number of hydrogen-bond acceptors (Lipinski definition) is 3. The summed E-state index contributed by atoms with van der Waals surface area (Å²) in [7, 11) is 0. The lowest BCUT2D eigenvalue weighted by Crippen LogP contribution is -2.34. The molecule has 1 aromatic rings. The topological polar surface area (TPSA) is 64.9 Å². The minimum atomic E-state index is -0.0355. The van der Waals surface area contributed by atoms with E-state index in [1.165, 1.54) is 25.7 Å². The zero-order valence-corrected chi connectivity index (χ0v) is 10.3. The van der Waals surface area contributed by atoms with Gasteiger partial charge in [-0.2, -0.15) is 5.26 Å². The van der Waals surface area contributed by atoms with Crippen molar-refractivity contribution < 1.29 is 4.79 Å². The fourth-order valence-electron chi connectivity index (χ4n) is 2.20. The van der Waals surface area contributed by atoms with Crippen molar-refractivity contribution in [1.82, 2.24) is 5.32 Å².